The zero-order chi connectivity index (χ0) is 20.4. The first-order chi connectivity index (χ1) is 14.1. The van der Waals surface area contributed by atoms with Gasteiger partial charge in [-0.2, -0.15) is 0 Å². The number of hydrogen-bond donors (Lipinski definition) is 0. The second-order valence-corrected chi connectivity index (χ2v) is 6.67. The van der Waals surface area contributed by atoms with Gasteiger partial charge in [-0.25, -0.2) is 5.06 Å². The molecule has 0 unspecified atom stereocenters. The molecule has 0 amide bonds. The smallest absolute Gasteiger partial charge is 0.264 e. The van der Waals surface area contributed by atoms with Crippen molar-refractivity contribution in [3.05, 3.63) is 116 Å². The summed E-state index contributed by atoms with van der Waals surface area (Å²) in [6.07, 6.45) is -0.837. The van der Waals surface area contributed by atoms with Gasteiger partial charge in [0, 0.05) is 17.1 Å². The largest absolute Gasteiger partial charge is 0.272 e. The number of hydroxylamine groups is 1. The first-order valence-corrected chi connectivity index (χ1v) is 9.00. The minimum Gasteiger partial charge on any atom is -0.264 e. The third kappa shape index (κ3) is 3.53. The topological polar surface area (TPSA) is 98.8 Å². The molecule has 0 aliphatic carbocycles. The normalized spacial score (nSPS) is 21.1. The molecule has 1 aliphatic rings. The van der Waals surface area contributed by atoms with Crippen LogP contribution in [0.25, 0.3) is 0 Å². The molecule has 8 nitrogen and oxygen atoms in total. The predicted octanol–water partition coefficient (Wildman–Crippen LogP) is 4.47. The molecule has 1 fully saturated rings. The maximum absolute atomic E-state index is 12.1. The molecular formula is C21H17N3O5. The molecule has 3 aromatic rings. The molecule has 0 radical (unpaired) electrons. The Hall–Kier alpha value is -3.78. The molecule has 0 aromatic heterocycles. The molecule has 1 heterocycles. The van der Waals surface area contributed by atoms with E-state index in [-0.39, 0.29) is 10.6 Å². The highest BCUT2D eigenvalue weighted by Gasteiger charge is 2.53. The third-order valence-corrected chi connectivity index (χ3v) is 4.92. The summed E-state index contributed by atoms with van der Waals surface area (Å²) in [7, 11) is 0. The van der Waals surface area contributed by atoms with Gasteiger partial charge < -0.3 is 0 Å². The predicted molar refractivity (Wildman–Crippen MR) is 106 cm³/mol. The fourth-order valence-electron chi connectivity index (χ4n) is 3.63. The van der Waals surface area contributed by atoms with E-state index in [0.717, 1.165) is 0 Å². The summed E-state index contributed by atoms with van der Waals surface area (Å²) < 4.78 is 0. The van der Waals surface area contributed by atoms with Gasteiger partial charge in [-0.3, -0.25) is 25.1 Å². The molecule has 146 valence electrons. The van der Waals surface area contributed by atoms with Crippen molar-refractivity contribution in [1.29, 1.82) is 0 Å². The quantitative estimate of drug-likeness (QED) is 0.470. The lowest BCUT2D eigenvalue weighted by atomic mass is 9.92. The maximum Gasteiger partial charge on any atom is 0.272 e. The van der Waals surface area contributed by atoms with Gasteiger partial charge in [0.1, 0.15) is 0 Å². The van der Waals surface area contributed by atoms with Gasteiger partial charge in [-0.15, -0.1) is 0 Å². The number of nitro groups is 2. The molecule has 0 bridgehead atoms. The van der Waals surface area contributed by atoms with E-state index in [1.165, 1.54) is 23.3 Å². The van der Waals surface area contributed by atoms with Gasteiger partial charge >= 0.3 is 0 Å². The van der Waals surface area contributed by atoms with Crippen LogP contribution < -0.4 is 5.06 Å². The zero-order valence-corrected chi connectivity index (χ0v) is 15.2. The Morgan fingerprint density at radius 1 is 0.793 bits per heavy atom. The van der Waals surface area contributed by atoms with Crippen LogP contribution in [0.4, 0.5) is 11.4 Å². The molecular weight excluding hydrogens is 374 g/mol. The Kier molecular flexibility index (Phi) is 4.92. The molecule has 0 N–H and O–H groups in total. The van der Waals surface area contributed by atoms with Crippen molar-refractivity contribution in [3.63, 3.8) is 0 Å². The average Bonchev–Trinajstić information content (AvgIpc) is 3.16. The van der Waals surface area contributed by atoms with Crippen LogP contribution in [-0.2, 0) is 4.84 Å². The highest BCUT2D eigenvalue weighted by molar-refractivity contribution is 5.50. The van der Waals surface area contributed by atoms with Crippen LogP contribution in [0, 0.1) is 20.2 Å². The van der Waals surface area contributed by atoms with Crippen LogP contribution in [0.5, 0.6) is 0 Å². The summed E-state index contributed by atoms with van der Waals surface area (Å²) in [5.41, 5.74) is 1.63. The number of anilines is 1. The zero-order valence-electron chi connectivity index (χ0n) is 15.2. The standard InChI is InChI=1S/C21H17N3O5/c25-23(26)18-13-7-10-16(14-18)19-20(24(27)28)21(15-8-3-1-4-9-15)29-22(19)17-11-5-2-6-12-17/h1-14,19-21H/t19-,20-,21+/m1/s1. The van der Waals surface area contributed by atoms with Crippen molar-refractivity contribution in [1.82, 2.24) is 0 Å². The number of para-hydroxylation sites is 1. The molecule has 3 aromatic carbocycles. The third-order valence-electron chi connectivity index (χ3n) is 4.92. The van der Waals surface area contributed by atoms with Crippen molar-refractivity contribution >= 4 is 11.4 Å². The molecule has 0 saturated carbocycles. The monoisotopic (exact) mass is 391 g/mol. The van der Waals surface area contributed by atoms with E-state index in [9.17, 15) is 20.2 Å². The van der Waals surface area contributed by atoms with E-state index in [0.29, 0.717) is 16.8 Å². The van der Waals surface area contributed by atoms with Crippen molar-refractivity contribution in [3.8, 4) is 0 Å². The number of benzene rings is 3. The Balaban J connectivity index is 1.86. The van der Waals surface area contributed by atoms with Gasteiger partial charge in [-0.1, -0.05) is 60.7 Å². The van der Waals surface area contributed by atoms with Crippen LogP contribution in [0.1, 0.15) is 23.3 Å². The summed E-state index contributed by atoms with van der Waals surface area (Å²) in [6, 6.07) is 21.9. The first-order valence-electron chi connectivity index (χ1n) is 9.00. The highest BCUT2D eigenvalue weighted by Crippen LogP contribution is 2.46. The summed E-state index contributed by atoms with van der Waals surface area (Å²) in [4.78, 5) is 28.6. The maximum atomic E-state index is 12.1. The Bertz CT molecular complexity index is 1030. The lowest BCUT2D eigenvalue weighted by molar-refractivity contribution is -0.531. The fraction of sp³-hybridized carbons (Fsp3) is 0.143. The molecule has 4 rings (SSSR count). The van der Waals surface area contributed by atoms with Crippen molar-refractivity contribution in [2.45, 2.75) is 18.2 Å². The Morgan fingerprint density at radius 2 is 1.41 bits per heavy atom. The lowest BCUT2D eigenvalue weighted by Crippen LogP contribution is -2.32. The van der Waals surface area contributed by atoms with Crippen LogP contribution in [0.15, 0.2) is 84.9 Å². The minimum atomic E-state index is -1.15. The second-order valence-electron chi connectivity index (χ2n) is 6.67. The van der Waals surface area contributed by atoms with Gasteiger partial charge in [-0.05, 0) is 23.3 Å². The van der Waals surface area contributed by atoms with E-state index >= 15 is 0 Å². The average molecular weight is 391 g/mol. The van der Waals surface area contributed by atoms with Crippen molar-refractivity contribution in [2.75, 3.05) is 5.06 Å². The van der Waals surface area contributed by atoms with E-state index < -0.39 is 23.1 Å². The van der Waals surface area contributed by atoms with Gasteiger partial charge in [0.15, 0.2) is 12.1 Å². The number of non-ortho nitro benzene ring substituents is 1. The lowest BCUT2D eigenvalue weighted by Gasteiger charge is -2.24. The number of hydrogen-bond acceptors (Lipinski definition) is 6. The number of nitro benzene ring substituents is 1. The fourth-order valence-corrected chi connectivity index (χ4v) is 3.63. The minimum absolute atomic E-state index is 0.124. The summed E-state index contributed by atoms with van der Waals surface area (Å²) in [6.45, 7) is 0. The molecule has 1 saturated heterocycles. The molecule has 0 spiro atoms. The van der Waals surface area contributed by atoms with Crippen LogP contribution in [-0.4, -0.2) is 15.9 Å². The summed E-state index contributed by atoms with van der Waals surface area (Å²) in [5, 5.41) is 24.9. The highest BCUT2D eigenvalue weighted by atomic mass is 16.7. The van der Waals surface area contributed by atoms with Crippen LogP contribution in [0.2, 0.25) is 0 Å². The molecule has 29 heavy (non-hydrogen) atoms. The first kappa shape index (κ1) is 18.6. The SMILES string of the molecule is O=[N+]([O-])c1cccc([C@@H]2[C@@H]([N+](=O)[O-])[C@H](c3ccccc3)ON2c2ccccc2)c1. The molecule has 1 aliphatic heterocycles. The van der Waals surface area contributed by atoms with Crippen LogP contribution in [0.3, 0.4) is 0 Å². The van der Waals surface area contributed by atoms with E-state index in [4.69, 9.17) is 4.84 Å². The summed E-state index contributed by atoms with van der Waals surface area (Å²) >= 11 is 0. The van der Waals surface area contributed by atoms with E-state index in [1.54, 1.807) is 54.6 Å². The Morgan fingerprint density at radius 3 is 2.03 bits per heavy atom. The molecule has 8 heteroatoms. The Labute approximate surface area is 166 Å². The van der Waals surface area contributed by atoms with E-state index in [1.807, 2.05) is 12.1 Å². The second kappa shape index (κ2) is 7.69. The number of rotatable bonds is 5. The van der Waals surface area contributed by atoms with Crippen molar-refractivity contribution in [2.24, 2.45) is 0 Å². The summed E-state index contributed by atoms with van der Waals surface area (Å²) in [5.74, 6) is 0. The van der Waals surface area contributed by atoms with Crippen LogP contribution >= 0.6 is 0 Å². The van der Waals surface area contributed by atoms with Gasteiger partial charge in [0.25, 0.3) is 11.7 Å². The van der Waals surface area contributed by atoms with Gasteiger partial charge in [0.2, 0.25) is 0 Å². The van der Waals surface area contributed by atoms with Gasteiger partial charge in [0.05, 0.1) is 10.6 Å². The number of nitrogens with zero attached hydrogens (tertiary/aromatic N) is 3. The molecule has 3 atom stereocenters. The van der Waals surface area contributed by atoms with Crippen molar-refractivity contribution < 1.29 is 14.7 Å². The van der Waals surface area contributed by atoms with E-state index in [2.05, 4.69) is 0 Å².